The Morgan fingerprint density at radius 2 is 1.93 bits per heavy atom. The van der Waals surface area contributed by atoms with Crippen LogP contribution >= 0.6 is 34.7 Å². The van der Waals surface area contributed by atoms with Crippen molar-refractivity contribution in [3.05, 3.63) is 53.3 Å². The first-order valence-electron chi connectivity index (χ1n) is 9.32. The zero-order valence-electron chi connectivity index (χ0n) is 16.4. The number of nitrogens with zero attached hydrogens (tertiary/aromatic N) is 3. The molecule has 0 spiro atoms. The lowest BCUT2D eigenvalue weighted by Gasteiger charge is -2.21. The number of aromatic nitrogens is 1. The monoisotopic (exact) mass is 451 g/mol. The summed E-state index contributed by atoms with van der Waals surface area (Å²) in [6.07, 6.45) is 1.25. The minimum absolute atomic E-state index is 0.0449. The molecule has 8 heteroatoms. The van der Waals surface area contributed by atoms with Crippen LogP contribution in [0.2, 0.25) is 5.02 Å². The van der Waals surface area contributed by atoms with Crippen molar-refractivity contribution >= 4 is 56.0 Å². The number of thiazole rings is 1. The van der Waals surface area contributed by atoms with Crippen LogP contribution in [0.15, 0.2) is 47.4 Å². The van der Waals surface area contributed by atoms with Crippen LogP contribution < -0.4 is 4.90 Å². The van der Waals surface area contributed by atoms with Gasteiger partial charge in [-0.1, -0.05) is 22.9 Å². The molecule has 2 aromatic carbocycles. The highest BCUT2D eigenvalue weighted by molar-refractivity contribution is 7.99. The predicted octanol–water partition coefficient (Wildman–Crippen LogP) is 5.56. The van der Waals surface area contributed by atoms with E-state index in [9.17, 15) is 9.18 Å². The summed E-state index contributed by atoms with van der Waals surface area (Å²) in [5.41, 5.74) is 0.848. The molecule has 29 heavy (non-hydrogen) atoms. The summed E-state index contributed by atoms with van der Waals surface area (Å²) in [5, 5.41) is 1.37. The highest BCUT2D eigenvalue weighted by Gasteiger charge is 2.19. The molecular weight excluding hydrogens is 429 g/mol. The van der Waals surface area contributed by atoms with Crippen LogP contribution in [0.25, 0.3) is 10.2 Å². The SMILES string of the molecule is CN(C)CCCN(C(=O)CCSc1ccc(F)cc1)c1nc2ccc(Cl)cc2s1. The second-order valence-electron chi connectivity index (χ2n) is 6.86. The summed E-state index contributed by atoms with van der Waals surface area (Å²) in [6, 6.07) is 11.9. The molecule has 0 saturated heterocycles. The van der Waals surface area contributed by atoms with E-state index in [1.54, 1.807) is 28.8 Å². The Kier molecular flexibility index (Phi) is 7.89. The summed E-state index contributed by atoms with van der Waals surface area (Å²) in [6.45, 7) is 1.51. The molecule has 1 amide bonds. The maximum Gasteiger partial charge on any atom is 0.229 e. The van der Waals surface area contributed by atoms with Gasteiger partial charge in [-0.05, 0) is 69.5 Å². The minimum Gasteiger partial charge on any atom is -0.309 e. The third-order valence-electron chi connectivity index (χ3n) is 4.26. The molecule has 0 unspecified atom stereocenters. The molecule has 0 fully saturated rings. The van der Waals surface area contributed by atoms with Crippen molar-refractivity contribution in [2.45, 2.75) is 17.7 Å². The zero-order chi connectivity index (χ0) is 20.8. The number of halogens is 2. The number of hydrogen-bond donors (Lipinski definition) is 0. The van der Waals surface area contributed by atoms with Crippen molar-refractivity contribution < 1.29 is 9.18 Å². The lowest BCUT2D eigenvalue weighted by molar-refractivity contribution is -0.118. The number of anilines is 1. The molecule has 0 atom stereocenters. The van der Waals surface area contributed by atoms with Gasteiger partial charge in [-0.3, -0.25) is 9.69 Å². The van der Waals surface area contributed by atoms with Gasteiger partial charge in [0.15, 0.2) is 5.13 Å². The smallest absolute Gasteiger partial charge is 0.229 e. The Morgan fingerprint density at radius 1 is 1.17 bits per heavy atom. The second kappa shape index (κ2) is 10.4. The lowest BCUT2D eigenvalue weighted by atomic mass is 10.3. The van der Waals surface area contributed by atoms with Gasteiger partial charge < -0.3 is 4.90 Å². The van der Waals surface area contributed by atoms with Gasteiger partial charge in [-0.15, -0.1) is 11.8 Å². The van der Waals surface area contributed by atoms with Gasteiger partial charge in [-0.2, -0.15) is 0 Å². The largest absolute Gasteiger partial charge is 0.309 e. The normalized spacial score (nSPS) is 11.3. The van der Waals surface area contributed by atoms with Gasteiger partial charge >= 0.3 is 0 Å². The number of fused-ring (bicyclic) bond motifs is 1. The van der Waals surface area contributed by atoms with E-state index in [1.807, 2.05) is 32.3 Å². The van der Waals surface area contributed by atoms with Gasteiger partial charge in [0.05, 0.1) is 10.2 Å². The highest BCUT2D eigenvalue weighted by Crippen LogP contribution is 2.31. The molecule has 0 aliphatic heterocycles. The summed E-state index contributed by atoms with van der Waals surface area (Å²) in [7, 11) is 4.04. The Hall–Kier alpha value is -1.67. The van der Waals surface area contributed by atoms with Crippen LogP contribution in [-0.2, 0) is 4.79 Å². The van der Waals surface area contributed by atoms with Gasteiger partial charge in [0.1, 0.15) is 5.82 Å². The van der Waals surface area contributed by atoms with Crippen molar-refractivity contribution in [1.29, 1.82) is 0 Å². The molecule has 154 valence electrons. The molecule has 0 radical (unpaired) electrons. The molecule has 0 aliphatic rings. The van der Waals surface area contributed by atoms with E-state index in [0.29, 0.717) is 28.9 Å². The van der Waals surface area contributed by atoms with E-state index in [-0.39, 0.29) is 11.7 Å². The van der Waals surface area contributed by atoms with Crippen molar-refractivity contribution in [1.82, 2.24) is 9.88 Å². The Labute approximate surface area is 183 Å². The maximum atomic E-state index is 13.0. The van der Waals surface area contributed by atoms with Crippen molar-refractivity contribution in [3.63, 3.8) is 0 Å². The van der Waals surface area contributed by atoms with Crippen LogP contribution in [0.3, 0.4) is 0 Å². The first-order valence-corrected chi connectivity index (χ1v) is 11.5. The molecule has 1 heterocycles. The highest BCUT2D eigenvalue weighted by atomic mass is 35.5. The molecule has 0 saturated carbocycles. The fourth-order valence-electron chi connectivity index (χ4n) is 2.80. The van der Waals surface area contributed by atoms with Crippen molar-refractivity contribution in [2.24, 2.45) is 0 Å². The Morgan fingerprint density at radius 3 is 2.66 bits per heavy atom. The summed E-state index contributed by atoms with van der Waals surface area (Å²) in [4.78, 5) is 22.5. The topological polar surface area (TPSA) is 36.4 Å². The molecule has 4 nitrogen and oxygen atoms in total. The van der Waals surface area contributed by atoms with E-state index in [1.165, 1.54) is 23.5 Å². The minimum atomic E-state index is -0.256. The van der Waals surface area contributed by atoms with E-state index in [2.05, 4.69) is 9.88 Å². The van der Waals surface area contributed by atoms with Gasteiger partial charge in [-0.25, -0.2) is 9.37 Å². The molecule has 3 aromatic rings. The van der Waals surface area contributed by atoms with E-state index in [0.717, 1.165) is 28.1 Å². The number of carbonyl (C=O) groups excluding carboxylic acids is 1. The molecule has 0 N–H and O–H groups in total. The average molecular weight is 452 g/mol. The van der Waals surface area contributed by atoms with Gasteiger partial charge in [0.2, 0.25) is 5.91 Å². The standard InChI is InChI=1S/C21H23ClFN3OS2/c1-25(2)11-3-12-26(21-24-18-9-4-15(22)14-19(18)29-21)20(27)10-13-28-17-7-5-16(23)6-8-17/h4-9,14H,3,10-13H2,1-2H3. The molecule has 1 aromatic heterocycles. The van der Waals surface area contributed by atoms with Gasteiger partial charge in [0, 0.05) is 28.6 Å². The van der Waals surface area contributed by atoms with E-state index in [4.69, 9.17) is 11.6 Å². The number of hydrogen-bond acceptors (Lipinski definition) is 5. The number of thioether (sulfide) groups is 1. The number of carbonyl (C=O) groups is 1. The van der Waals surface area contributed by atoms with Crippen LogP contribution in [0, 0.1) is 5.82 Å². The Balaban J connectivity index is 1.69. The van der Waals surface area contributed by atoms with E-state index < -0.39 is 0 Å². The van der Waals surface area contributed by atoms with Crippen LogP contribution in [-0.4, -0.2) is 48.7 Å². The number of amides is 1. The quantitative estimate of drug-likeness (QED) is 0.399. The van der Waals surface area contributed by atoms with Crippen LogP contribution in [0.1, 0.15) is 12.8 Å². The molecular formula is C21H23ClFN3OS2. The second-order valence-corrected chi connectivity index (χ2v) is 9.48. The van der Waals surface area contributed by atoms with Crippen LogP contribution in [0.4, 0.5) is 9.52 Å². The zero-order valence-corrected chi connectivity index (χ0v) is 18.8. The first kappa shape index (κ1) is 22.0. The number of rotatable bonds is 9. The maximum absolute atomic E-state index is 13.0. The fraction of sp³-hybridized carbons (Fsp3) is 0.333. The summed E-state index contributed by atoms with van der Waals surface area (Å²) < 4.78 is 14.0. The van der Waals surface area contributed by atoms with Crippen molar-refractivity contribution in [3.8, 4) is 0 Å². The lowest BCUT2D eigenvalue weighted by Crippen LogP contribution is -2.33. The predicted molar refractivity (Wildman–Crippen MR) is 122 cm³/mol. The first-order chi connectivity index (χ1) is 13.9. The third-order valence-corrected chi connectivity index (χ3v) is 6.55. The van der Waals surface area contributed by atoms with Crippen LogP contribution in [0.5, 0.6) is 0 Å². The fourth-order valence-corrected chi connectivity index (χ4v) is 4.92. The number of benzene rings is 2. The molecule has 0 aliphatic carbocycles. The van der Waals surface area contributed by atoms with E-state index >= 15 is 0 Å². The third kappa shape index (κ3) is 6.40. The Bertz CT molecular complexity index is 962. The summed E-state index contributed by atoms with van der Waals surface area (Å²) >= 11 is 9.13. The molecule has 3 rings (SSSR count). The summed E-state index contributed by atoms with van der Waals surface area (Å²) in [5.74, 6) is 0.419. The molecule has 0 bridgehead atoms. The average Bonchev–Trinajstić information content (AvgIpc) is 3.09. The van der Waals surface area contributed by atoms with Gasteiger partial charge in [0.25, 0.3) is 0 Å². The van der Waals surface area contributed by atoms with Crippen molar-refractivity contribution in [2.75, 3.05) is 37.8 Å².